The van der Waals surface area contributed by atoms with Crippen LogP contribution in [0.3, 0.4) is 0 Å². The van der Waals surface area contributed by atoms with Crippen LogP contribution in [-0.4, -0.2) is 15.0 Å². The zero-order chi connectivity index (χ0) is 40.7. The summed E-state index contributed by atoms with van der Waals surface area (Å²) in [6.07, 6.45) is 8.50. The molecular weight excluding hydrogens is 759 g/mol. The molecular formula is C57H35N3O2. The molecule has 0 aliphatic heterocycles. The number of rotatable bonds is 5. The lowest BCUT2D eigenvalue weighted by Crippen LogP contribution is -2.03. The van der Waals surface area contributed by atoms with E-state index in [1.807, 2.05) is 24.3 Å². The van der Waals surface area contributed by atoms with E-state index in [4.69, 9.17) is 23.8 Å². The van der Waals surface area contributed by atoms with Crippen LogP contribution in [0.5, 0.6) is 0 Å². The second-order valence-electron chi connectivity index (χ2n) is 16.1. The number of benzene rings is 9. The van der Waals surface area contributed by atoms with E-state index in [0.29, 0.717) is 17.5 Å². The Hall–Kier alpha value is -8.15. The summed E-state index contributed by atoms with van der Waals surface area (Å²) in [4.78, 5) is 15.6. The van der Waals surface area contributed by atoms with E-state index in [2.05, 4.69) is 164 Å². The number of fused-ring (bicyclic) bond motifs is 12. The van der Waals surface area contributed by atoms with E-state index in [-0.39, 0.29) is 0 Å². The van der Waals surface area contributed by atoms with Crippen LogP contribution in [0.1, 0.15) is 18.7 Å². The van der Waals surface area contributed by atoms with E-state index in [0.717, 1.165) is 90.1 Å². The fourth-order valence-electron chi connectivity index (χ4n) is 9.64. The molecule has 0 N–H and O–H groups in total. The Kier molecular flexibility index (Phi) is 7.66. The number of furan rings is 2. The number of hydrogen-bond donors (Lipinski definition) is 0. The Morgan fingerprint density at radius 3 is 1.52 bits per heavy atom. The Bertz CT molecular complexity index is 3840. The molecule has 0 unspecified atom stereocenters. The van der Waals surface area contributed by atoms with E-state index in [1.54, 1.807) is 0 Å². The highest BCUT2D eigenvalue weighted by Crippen LogP contribution is 2.42. The number of hydrogen-bond acceptors (Lipinski definition) is 5. The number of allylic oxidation sites excluding steroid dienone is 4. The van der Waals surface area contributed by atoms with Crippen molar-refractivity contribution in [1.29, 1.82) is 0 Å². The molecule has 0 spiro atoms. The minimum absolute atomic E-state index is 0.607. The normalized spacial score (nSPS) is 13.1. The molecule has 5 nitrogen and oxygen atoms in total. The quantitative estimate of drug-likeness (QED) is 0.162. The molecule has 5 heteroatoms. The highest BCUT2D eigenvalue weighted by atomic mass is 16.3. The maximum Gasteiger partial charge on any atom is 0.164 e. The standard InChI is InChI=1S/C57H35N3O2/c1-3-13-34(14-4-1)39-21-11-23-49-53(39)45-29-25-36(32-51(45)61-49)37-26-30-46-52(33-37)62-50-24-12-22-47(54(46)50)57-59-55(35-15-5-2-6-16-35)58-56(60-57)38-27-28-44-42-19-8-7-17-40(42)41-18-9-10-20-43(41)48(44)31-38/h1,3-5,7-33H,2,6H2. The second kappa shape index (κ2) is 13.7. The maximum atomic E-state index is 6.65. The third-order valence-electron chi connectivity index (χ3n) is 12.5. The van der Waals surface area contributed by atoms with Gasteiger partial charge in [0.05, 0.1) is 0 Å². The summed E-state index contributed by atoms with van der Waals surface area (Å²) in [5, 5.41) is 11.5. The van der Waals surface area contributed by atoms with E-state index < -0.39 is 0 Å². The van der Waals surface area contributed by atoms with Crippen LogP contribution in [0.2, 0.25) is 0 Å². The summed E-state index contributed by atoms with van der Waals surface area (Å²) in [7, 11) is 0. The molecule has 0 saturated heterocycles. The average Bonchev–Trinajstić information content (AvgIpc) is 3.92. The van der Waals surface area contributed by atoms with Gasteiger partial charge in [-0.2, -0.15) is 0 Å². The molecule has 0 radical (unpaired) electrons. The van der Waals surface area contributed by atoms with Crippen molar-refractivity contribution in [3.05, 3.63) is 194 Å². The Balaban J connectivity index is 0.948. The largest absolute Gasteiger partial charge is 0.456 e. The summed E-state index contributed by atoms with van der Waals surface area (Å²) in [5.41, 5.74) is 10.6. The van der Waals surface area contributed by atoms with Gasteiger partial charge in [0.1, 0.15) is 22.3 Å². The first-order valence-corrected chi connectivity index (χ1v) is 21.2. The van der Waals surface area contributed by atoms with Crippen LogP contribution >= 0.6 is 0 Å². The van der Waals surface area contributed by atoms with Crippen molar-refractivity contribution in [3.8, 4) is 45.0 Å². The van der Waals surface area contributed by atoms with Gasteiger partial charge in [-0.15, -0.1) is 0 Å². The zero-order valence-electron chi connectivity index (χ0n) is 33.5. The fourth-order valence-corrected chi connectivity index (χ4v) is 9.64. The zero-order valence-corrected chi connectivity index (χ0v) is 33.5. The third kappa shape index (κ3) is 5.45. The van der Waals surface area contributed by atoms with Crippen molar-refractivity contribution >= 4 is 81.8 Å². The molecule has 0 saturated carbocycles. The molecule has 12 aromatic rings. The first-order valence-electron chi connectivity index (χ1n) is 21.2. The minimum atomic E-state index is 0.607. The van der Waals surface area contributed by atoms with Crippen LogP contribution in [0.4, 0.5) is 0 Å². The smallest absolute Gasteiger partial charge is 0.164 e. The molecule has 0 amide bonds. The van der Waals surface area contributed by atoms with Gasteiger partial charge in [0, 0.05) is 38.2 Å². The summed E-state index contributed by atoms with van der Waals surface area (Å²) < 4.78 is 13.1. The van der Waals surface area contributed by atoms with Gasteiger partial charge in [-0.05, 0) is 110 Å². The summed E-state index contributed by atoms with van der Waals surface area (Å²) in [6.45, 7) is 0. The molecule has 62 heavy (non-hydrogen) atoms. The molecule has 0 atom stereocenters. The second-order valence-corrected chi connectivity index (χ2v) is 16.1. The molecule has 3 aromatic heterocycles. The van der Waals surface area contributed by atoms with Crippen LogP contribution in [0, 0.1) is 0 Å². The van der Waals surface area contributed by atoms with Gasteiger partial charge in [-0.25, -0.2) is 15.0 Å². The lowest BCUT2D eigenvalue weighted by atomic mass is 9.93. The van der Waals surface area contributed by atoms with Crippen molar-refractivity contribution < 1.29 is 8.83 Å². The highest BCUT2D eigenvalue weighted by Gasteiger charge is 2.20. The summed E-state index contributed by atoms with van der Waals surface area (Å²) >= 11 is 0. The molecule has 1 aliphatic carbocycles. The van der Waals surface area contributed by atoms with Gasteiger partial charge in [-0.1, -0.05) is 146 Å². The predicted molar refractivity (Wildman–Crippen MR) is 255 cm³/mol. The molecule has 0 fully saturated rings. The first-order chi connectivity index (χ1) is 30.7. The van der Waals surface area contributed by atoms with E-state index in [1.165, 1.54) is 37.9 Å². The van der Waals surface area contributed by atoms with Gasteiger partial charge in [0.25, 0.3) is 0 Å². The fraction of sp³-hybridized carbons (Fsp3) is 0.0351. The van der Waals surface area contributed by atoms with Crippen LogP contribution in [0.25, 0.3) is 127 Å². The van der Waals surface area contributed by atoms with Gasteiger partial charge < -0.3 is 8.83 Å². The van der Waals surface area contributed by atoms with Crippen molar-refractivity contribution in [2.75, 3.05) is 0 Å². The molecule has 3 heterocycles. The van der Waals surface area contributed by atoms with Crippen molar-refractivity contribution in [1.82, 2.24) is 15.0 Å². The summed E-state index contributed by atoms with van der Waals surface area (Å²) in [5.74, 6) is 1.90. The van der Waals surface area contributed by atoms with Gasteiger partial charge in [0.15, 0.2) is 17.5 Å². The van der Waals surface area contributed by atoms with Gasteiger partial charge in [-0.3, -0.25) is 0 Å². The number of aromatic nitrogens is 3. The van der Waals surface area contributed by atoms with Gasteiger partial charge in [0.2, 0.25) is 0 Å². The summed E-state index contributed by atoms with van der Waals surface area (Å²) in [6, 6.07) is 59.8. The molecule has 1 aliphatic rings. The minimum Gasteiger partial charge on any atom is -0.456 e. The monoisotopic (exact) mass is 793 g/mol. The van der Waals surface area contributed by atoms with Crippen LogP contribution < -0.4 is 0 Å². The Morgan fingerprint density at radius 1 is 0.339 bits per heavy atom. The number of nitrogens with zero attached hydrogens (tertiary/aromatic N) is 3. The Labute approximate surface area is 355 Å². The van der Waals surface area contributed by atoms with Gasteiger partial charge >= 0.3 is 0 Å². The molecule has 0 bridgehead atoms. The topological polar surface area (TPSA) is 65.0 Å². The van der Waals surface area contributed by atoms with Crippen molar-refractivity contribution in [2.24, 2.45) is 0 Å². The molecule has 13 rings (SSSR count). The molecule has 290 valence electrons. The van der Waals surface area contributed by atoms with Crippen molar-refractivity contribution in [3.63, 3.8) is 0 Å². The van der Waals surface area contributed by atoms with Crippen LogP contribution in [0.15, 0.2) is 197 Å². The lowest BCUT2D eigenvalue weighted by molar-refractivity contribution is 0.668. The average molecular weight is 794 g/mol. The third-order valence-corrected chi connectivity index (χ3v) is 12.5. The van der Waals surface area contributed by atoms with E-state index >= 15 is 0 Å². The highest BCUT2D eigenvalue weighted by molar-refractivity contribution is 6.25. The molecule has 9 aromatic carbocycles. The maximum absolute atomic E-state index is 6.65. The van der Waals surface area contributed by atoms with E-state index in [9.17, 15) is 0 Å². The Morgan fingerprint density at radius 2 is 0.871 bits per heavy atom. The van der Waals surface area contributed by atoms with Crippen molar-refractivity contribution in [2.45, 2.75) is 12.8 Å². The van der Waals surface area contributed by atoms with Crippen LogP contribution in [-0.2, 0) is 0 Å². The predicted octanol–water partition coefficient (Wildman–Crippen LogP) is 15.5. The lowest BCUT2D eigenvalue weighted by Gasteiger charge is -2.13. The first kappa shape index (κ1) is 34.7. The SMILES string of the molecule is C1=CC(c2nc(-c3ccc4c5ccccc5c5ccccc5c4c3)nc(-c3cccc4oc5cc(-c6ccc7c(c6)oc6cccc(-c8ccccc8)c67)ccc5c34)n2)=CCC1.